The fraction of sp³-hybridized carbons (Fsp3) is 0.500. The molecule has 0 aromatic carbocycles. The number of carbonyl (C=O) groups is 2. The van der Waals surface area contributed by atoms with Crippen molar-refractivity contribution in [1.82, 2.24) is 0 Å². The van der Waals surface area contributed by atoms with E-state index < -0.39 is 30.9 Å². The van der Waals surface area contributed by atoms with Crippen molar-refractivity contribution in [3.05, 3.63) is 12.7 Å². The van der Waals surface area contributed by atoms with E-state index >= 15 is 0 Å². The molecule has 0 amide bonds. The van der Waals surface area contributed by atoms with E-state index in [-0.39, 0.29) is 6.29 Å². The van der Waals surface area contributed by atoms with Crippen LogP contribution in [0, 0.1) is 0 Å². The maximum atomic E-state index is 10.5. The van der Waals surface area contributed by atoms with Crippen LogP contribution in [0.1, 0.15) is 0 Å². The summed E-state index contributed by atoms with van der Waals surface area (Å²) < 4.78 is 4.37. The second-order valence-corrected chi connectivity index (χ2v) is 2.52. The first-order valence-electron chi connectivity index (χ1n) is 3.81. The lowest BCUT2D eigenvalue weighted by Crippen LogP contribution is -2.41. The summed E-state index contributed by atoms with van der Waals surface area (Å²) in [6.45, 7) is 2.59. The van der Waals surface area contributed by atoms with Crippen LogP contribution >= 0.6 is 0 Å². The lowest BCUT2D eigenvalue weighted by Gasteiger charge is -2.18. The van der Waals surface area contributed by atoms with Gasteiger partial charge in [0.05, 0.1) is 0 Å². The van der Waals surface area contributed by atoms with Crippen LogP contribution in [0.3, 0.4) is 0 Å². The Morgan fingerprint density at radius 2 is 2.00 bits per heavy atom. The number of rotatable bonds is 6. The van der Waals surface area contributed by atoms with E-state index in [1.165, 1.54) is 0 Å². The minimum absolute atomic E-state index is 0.0726. The average Bonchev–Trinajstić information content (AvgIpc) is 2.22. The van der Waals surface area contributed by atoms with E-state index in [9.17, 15) is 9.59 Å². The molecule has 0 fully saturated rings. The molecule has 3 N–H and O–H groups in total. The Balaban J connectivity index is 3.94. The van der Waals surface area contributed by atoms with E-state index in [1.54, 1.807) is 0 Å². The standard InChI is InChI=1S/C8H12O6/c1-2-7(12)14-4-6(11)8(13)5(10)3-9/h2-3,5-6,8,10-11,13H,1,4H2/t5-,6-,8-/m1/s1. The molecule has 0 rings (SSSR count). The first kappa shape index (κ1) is 12.8. The number of hydrogen-bond acceptors (Lipinski definition) is 6. The molecule has 0 spiro atoms. The van der Waals surface area contributed by atoms with E-state index in [0.29, 0.717) is 0 Å². The molecule has 14 heavy (non-hydrogen) atoms. The first-order chi connectivity index (χ1) is 6.52. The van der Waals surface area contributed by atoms with Crippen molar-refractivity contribution in [3.8, 4) is 0 Å². The monoisotopic (exact) mass is 204 g/mol. The SMILES string of the molecule is C=CC(=O)OC[C@@H](O)[C@H](O)[C@H](O)C=O. The zero-order valence-corrected chi connectivity index (χ0v) is 7.37. The number of esters is 1. The molecule has 6 heteroatoms. The molecule has 0 aliphatic carbocycles. The van der Waals surface area contributed by atoms with Crippen LogP contribution in [0.5, 0.6) is 0 Å². The van der Waals surface area contributed by atoms with Gasteiger partial charge in [0.25, 0.3) is 0 Å². The molecule has 0 saturated heterocycles. The molecule has 6 nitrogen and oxygen atoms in total. The summed E-state index contributed by atoms with van der Waals surface area (Å²) in [5, 5.41) is 26.9. The van der Waals surface area contributed by atoms with Gasteiger partial charge in [-0.05, 0) is 0 Å². The van der Waals surface area contributed by atoms with Gasteiger partial charge in [-0.1, -0.05) is 6.58 Å². The Hall–Kier alpha value is -1.24. The van der Waals surface area contributed by atoms with Crippen LogP contribution in [-0.4, -0.2) is 52.5 Å². The Morgan fingerprint density at radius 1 is 1.43 bits per heavy atom. The van der Waals surface area contributed by atoms with Gasteiger partial charge in [-0.2, -0.15) is 0 Å². The number of carbonyl (C=O) groups excluding carboxylic acids is 2. The molecule has 0 bridgehead atoms. The third-order valence-corrected chi connectivity index (χ3v) is 1.45. The van der Waals surface area contributed by atoms with Gasteiger partial charge in [-0.25, -0.2) is 4.79 Å². The van der Waals surface area contributed by atoms with Gasteiger partial charge >= 0.3 is 5.97 Å². The number of aliphatic hydroxyl groups is 3. The van der Waals surface area contributed by atoms with Gasteiger partial charge < -0.3 is 24.9 Å². The second-order valence-electron chi connectivity index (χ2n) is 2.52. The minimum atomic E-state index is -1.70. The predicted molar refractivity (Wildman–Crippen MR) is 45.2 cm³/mol. The lowest BCUT2D eigenvalue weighted by atomic mass is 10.1. The third kappa shape index (κ3) is 4.13. The Morgan fingerprint density at radius 3 is 2.43 bits per heavy atom. The molecule has 0 aliphatic heterocycles. The van der Waals surface area contributed by atoms with Gasteiger partial charge in [0.15, 0.2) is 6.29 Å². The summed E-state index contributed by atoms with van der Waals surface area (Å²) >= 11 is 0. The highest BCUT2D eigenvalue weighted by atomic mass is 16.5. The second kappa shape index (κ2) is 6.25. The number of ether oxygens (including phenoxy) is 1. The van der Waals surface area contributed by atoms with Crippen molar-refractivity contribution < 1.29 is 29.6 Å². The van der Waals surface area contributed by atoms with Crippen LogP contribution in [0.15, 0.2) is 12.7 Å². The van der Waals surface area contributed by atoms with Crippen molar-refractivity contribution in [1.29, 1.82) is 0 Å². The predicted octanol–water partition coefficient (Wildman–Crippen LogP) is -2.00. The molecule has 0 aromatic heterocycles. The summed E-state index contributed by atoms with van der Waals surface area (Å²) in [5.74, 6) is -0.767. The zero-order chi connectivity index (χ0) is 11.1. The van der Waals surface area contributed by atoms with Crippen molar-refractivity contribution in [2.24, 2.45) is 0 Å². The molecule has 0 aromatic rings. The quantitative estimate of drug-likeness (QED) is 0.262. The largest absolute Gasteiger partial charge is 0.460 e. The molecule has 0 unspecified atom stereocenters. The summed E-state index contributed by atoms with van der Waals surface area (Å²) in [6, 6.07) is 0. The highest BCUT2D eigenvalue weighted by Crippen LogP contribution is 1.99. The highest BCUT2D eigenvalue weighted by Gasteiger charge is 2.24. The van der Waals surface area contributed by atoms with Crippen molar-refractivity contribution in [2.75, 3.05) is 6.61 Å². The summed E-state index contributed by atoms with van der Waals surface area (Å²) in [7, 11) is 0. The maximum Gasteiger partial charge on any atom is 0.330 e. The third-order valence-electron chi connectivity index (χ3n) is 1.45. The Kier molecular flexibility index (Phi) is 5.70. The van der Waals surface area contributed by atoms with Gasteiger partial charge in [-0.3, -0.25) is 0 Å². The smallest absolute Gasteiger partial charge is 0.330 e. The van der Waals surface area contributed by atoms with Crippen LogP contribution in [0.25, 0.3) is 0 Å². The molecule has 0 saturated carbocycles. The van der Waals surface area contributed by atoms with Gasteiger partial charge in [0, 0.05) is 6.08 Å². The molecular formula is C8H12O6. The molecule has 0 heterocycles. The van der Waals surface area contributed by atoms with Crippen molar-refractivity contribution in [2.45, 2.75) is 18.3 Å². The topological polar surface area (TPSA) is 104 Å². The maximum absolute atomic E-state index is 10.5. The lowest BCUT2D eigenvalue weighted by molar-refractivity contribution is -0.146. The van der Waals surface area contributed by atoms with Crippen molar-refractivity contribution >= 4 is 12.3 Å². The van der Waals surface area contributed by atoms with Gasteiger partial charge in [0.1, 0.15) is 24.9 Å². The summed E-state index contributed by atoms with van der Waals surface area (Å²) in [6.07, 6.45) is -3.94. The van der Waals surface area contributed by atoms with Crippen LogP contribution in [0.2, 0.25) is 0 Å². The molecule has 80 valence electrons. The first-order valence-corrected chi connectivity index (χ1v) is 3.81. The number of hydrogen-bond donors (Lipinski definition) is 3. The average molecular weight is 204 g/mol. The van der Waals surface area contributed by atoms with Crippen LogP contribution < -0.4 is 0 Å². The van der Waals surface area contributed by atoms with Gasteiger partial charge in [0.2, 0.25) is 0 Å². The Labute approximate surface area is 80.4 Å². The summed E-state index contributed by atoms with van der Waals surface area (Å²) in [5.41, 5.74) is 0. The Bertz CT molecular complexity index is 214. The number of aliphatic hydroxyl groups excluding tert-OH is 3. The fourth-order valence-corrected chi connectivity index (χ4v) is 0.633. The fourth-order valence-electron chi connectivity index (χ4n) is 0.633. The van der Waals surface area contributed by atoms with E-state index in [0.717, 1.165) is 6.08 Å². The minimum Gasteiger partial charge on any atom is -0.460 e. The van der Waals surface area contributed by atoms with E-state index in [2.05, 4.69) is 11.3 Å². The van der Waals surface area contributed by atoms with Gasteiger partial charge in [-0.15, -0.1) is 0 Å². The normalized spacial score (nSPS) is 16.5. The van der Waals surface area contributed by atoms with Crippen LogP contribution in [0.4, 0.5) is 0 Å². The molecule has 0 aliphatic rings. The number of aldehydes is 1. The summed E-state index contributed by atoms with van der Waals surface area (Å²) in [4.78, 5) is 20.5. The highest BCUT2D eigenvalue weighted by molar-refractivity contribution is 5.81. The molecule has 3 atom stereocenters. The van der Waals surface area contributed by atoms with E-state index in [4.69, 9.17) is 15.3 Å². The van der Waals surface area contributed by atoms with E-state index in [1.807, 2.05) is 0 Å². The molecule has 0 radical (unpaired) electrons. The zero-order valence-electron chi connectivity index (χ0n) is 7.37. The van der Waals surface area contributed by atoms with Crippen molar-refractivity contribution in [3.63, 3.8) is 0 Å². The molecular weight excluding hydrogens is 192 g/mol. The van der Waals surface area contributed by atoms with Crippen LogP contribution in [-0.2, 0) is 14.3 Å².